The fourth-order valence-corrected chi connectivity index (χ4v) is 1.34. The zero-order valence-corrected chi connectivity index (χ0v) is 10.2. The summed E-state index contributed by atoms with van der Waals surface area (Å²) in [6.45, 7) is 2.54. The minimum Gasteiger partial charge on any atom is -0.492 e. The Labute approximate surface area is 101 Å². The van der Waals surface area contributed by atoms with Crippen molar-refractivity contribution in [3.8, 4) is 5.75 Å². The Morgan fingerprint density at radius 1 is 1.06 bits per heavy atom. The van der Waals surface area contributed by atoms with Crippen molar-refractivity contribution >= 4 is 11.6 Å². The molecule has 0 saturated heterocycles. The summed E-state index contributed by atoms with van der Waals surface area (Å²) < 4.78 is 15.7. The van der Waals surface area contributed by atoms with Crippen LogP contribution in [0, 0.1) is 0 Å². The van der Waals surface area contributed by atoms with E-state index < -0.39 is 0 Å². The van der Waals surface area contributed by atoms with Gasteiger partial charge in [-0.05, 0) is 12.1 Å². The summed E-state index contributed by atoms with van der Waals surface area (Å²) in [7, 11) is 1.66. The lowest BCUT2D eigenvalue weighted by Gasteiger charge is -2.07. The minimum absolute atomic E-state index is 0.608. The number of para-hydroxylation sites is 1. The van der Waals surface area contributed by atoms with Crippen LogP contribution in [0.4, 0.5) is 0 Å². The first-order valence-electron chi connectivity index (χ1n) is 5.28. The molecule has 0 amide bonds. The van der Waals surface area contributed by atoms with E-state index in [1.807, 2.05) is 24.3 Å². The van der Waals surface area contributed by atoms with Crippen LogP contribution < -0.4 is 4.74 Å². The Morgan fingerprint density at radius 2 is 1.88 bits per heavy atom. The summed E-state index contributed by atoms with van der Waals surface area (Å²) in [5, 5.41) is 0.641. The molecule has 0 N–H and O–H groups in total. The molecule has 1 rings (SSSR count). The van der Waals surface area contributed by atoms with E-state index in [-0.39, 0.29) is 0 Å². The van der Waals surface area contributed by atoms with E-state index in [1.54, 1.807) is 7.11 Å². The maximum absolute atomic E-state index is 5.93. The maximum Gasteiger partial charge on any atom is 0.137 e. The third-order valence-corrected chi connectivity index (χ3v) is 2.27. The number of methoxy groups -OCH3 is 1. The quantitative estimate of drug-likeness (QED) is 0.658. The molecule has 0 heterocycles. The molecule has 1 aromatic rings. The van der Waals surface area contributed by atoms with Crippen LogP contribution in [0.25, 0.3) is 0 Å². The molecule has 0 bridgehead atoms. The lowest BCUT2D eigenvalue weighted by Crippen LogP contribution is -2.06. The van der Waals surface area contributed by atoms with Gasteiger partial charge in [-0.3, -0.25) is 0 Å². The molecule has 0 aromatic heterocycles. The lowest BCUT2D eigenvalue weighted by atomic mass is 10.3. The van der Waals surface area contributed by atoms with Crippen LogP contribution in [0.5, 0.6) is 5.75 Å². The van der Waals surface area contributed by atoms with E-state index in [0.717, 1.165) is 12.2 Å². The molecule has 3 nitrogen and oxygen atoms in total. The second-order valence-electron chi connectivity index (χ2n) is 3.24. The summed E-state index contributed by atoms with van der Waals surface area (Å²) in [4.78, 5) is 0. The number of halogens is 1. The first-order chi connectivity index (χ1) is 7.84. The van der Waals surface area contributed by atoms with Crippen molar-refractivity contribution in [2.45, 2.75) is 6.42 Å². The molecule has 4 heteroatoms. The van der Waals surface area contributed by atoms with Gasteiger partial charge in [0.05, 0.1) is 24.8 Å². The number of rotatable bonds is 8. The van der Waals surface area contributed by atoms with Gasteiger partial charge in [0.15, 0.2) is 0 Å². The summed E-state index contributed by atoms with van der Waals surface area (Å²) >= 11 is 5.93. The molecule has 0 aliphatic carbocycles. The Balaban J connectivity index is 2.05. The normalized spacial score (nSPS) is 10.4. The van der Waals surface area contributed by atoms with Gasteiger partial charge in [0.1, 0.15) is 5.75 Å². The second kappa shape index (κ2) is 8.39. The molecule has 0 radical (unpaired) electrons. The van der Waals surface area contributed by atoms with Gasteiger partial charge < -0.3 is 14.2 Å². The van der Waals surface area contributed by atoms with Crippen molar-refractivity contribution < 1.29 is 14.2 Å². The molecule has 0 aliphatic heterocycles. The van der Waals surface area contributed by atoms with Crippen LogP contribution in [0.3, 0.4) is 0 Å². The standard InChI is InChI=1S/C12H17ClO3/c1-14-9-10-15-7-4-8-16-12-6-3-2-5-11(12)13/h2-3,5-6H,4,7-10H2,1H3. The molecule has 0 fully saturated rings. The average molecular weight is 245 g/mol. The zero-order chi connectivity index (χ0) is 11.6. The van der Waals surface area contributed by atoms with E-state index in [4.69, 9.17) is 25.8 Å². The molecule has 0 saturated carbocycles. The van der Waals surface area contributed by atoms with E-state index in [0.29, 0.717) is 31.5 Å². The largest absolute Gasteiger partial charge is 0.492 e. The van der Waals surface area contributed by atoms with Crippen molar-refractivity contribution in [3.05, 3.63) is 29.3 Å². The lowest BCUT2D eigenvalue weighted by molar-refractivity contribution is 0.0644. The third kappa shape index (κ3) is 5.35. The minimum atomic E-state index is 0.608. The highest BCUT2D eigenvalue weighted by atomic mass is 35.5. The molecule has 0 spiro atoms. The van der Waals surface area contributed by atoms with Gasteiger partial charge >= 0.3 is 0 Å². The predicted octanol–water partition coefficient (Wildman–Crippen LogP) is 2.77. The van der Waals surface area contributed by atoms with Crippen LogP contribution in [-0.4, -0.2) is 33.5 Å². The van der Waals surface area contributed by atoms with Gasteiger partial charge in [-0.2, -0.15) is 0 Å². The first kappa shape index (κ1) is 13.3. The molecule has 0 atom stereocenters. The van der Waals surface area contributed by atoms with Crippen molar-refractivity contribution in [3.63, 3.8) is 0 Å². The van der Waals surface area contributed by atoms with Gasteiger partial charge in [-0.15, -0.1) is 0 Å². The van der Waals surface area contributed by atoms with E-state index in [9.17, 15) is 0 Å². The van der Waals surface area contributed by atoms with Crippen LogP contribution in [-0.2, 0) is 9.47 Å². The summed E-state index contributed by atoms with van der Waals surface area (Å²) in [5.74, 6) is 0.723. The summed E-state index contributed by atoms with van der Waals surface area (Å²) in [5.41, 5.74) is 0. The van der Waals surface area contributed by atoms with Crippen molar-refractivity contribution in [1.82, 2.24) is 0 Å². The Hall–Kier alpha value is -0.770. The third-order valence-electron chi connectivity index (χ3n) is 1.96. The Bertz CT molecular complexity index is 291. The van der Waals surface area contributed by atoms with E-state index >= 15 is 0 Å². The number of benzene rings is 1. The molecular weight excluding hydrogens is 228 g/mol. The van der Waals surface area contributed by atoms with Gasteiger partial charge in [0, 0.05) is 20.1 Å². The zero-order valence-electron chi connectivity index (χ0n) is 9.45. The van der Waals surface area contributed by atoms with Gasteiger partial charge in [0.2, 0.25) is 0 Å². The van der Waals surface area contributed by atoms with Crippen LogP contribution in [0.2, 0.25) is 5.02 Å². The molecule has 1 aromatic carbocycles. The van der Waals surface area contributed by atoms with Crippen molar-refractivity contribution in [1.29, 1.82) is 0 Å². The Kier molecular flexibility index (Phi) is 6.97. The monoisotopic (exact) mass is 244 g/mol. The highest BCUT2D eigenvalue weighted by Crippen LogP contribution is 2.22. The average Bonchev–Trinajstić information content (AvgIpc) is 2.30. The van der Waals surface area contributed by atoms with E-state index in [2.05, 4.69) is 0 Å². The smallest absolute Gasteiger partial charge is 0.137 e. The first-order valence-corrected chi connectivity index (χ1v) is 5.66. The highest BCUT2D eigenvalue weighted by molar-refractivity contribution is 6.32. The highest BCUT2D eigenvalue weighted by Gasteiger charge is 1.98. The van der Waals surface area contributed by atoms with Crippen molar-refractivity contribution in [2.24, 2.45) is 0 Å². The molecule has 90 valence electrons. The molecule has 0 aliphatic rings. The van der Waals surface area contributed by atoms with Gasteiger partial charge in [-0.25, -0.2) is 0 Å². The Morgan fingerprint density at radius 3 is 2.62 bits per heavy atom. The predicted molar refractivity (Wildman–Crippen MR) is 64.3 cm³/mol. The SMILES string of the molecule is COCCOCCCOc1ccccc1Cl. The maximum atomic E-state index is 5.93. The fraction of sp³-hybridized carbons (Fsp3) is 0.500. The fourth-order valence-electron chi connectivity index (χ4n) is 1.15. The summed E-state index contributed by atoms with van der Waals surface area (Å²) in [6, 6.07) is 7.44. The number of hydrogen-bond donors (Lipinski definition) is 0. The second-order valence-corrected chi connectivity index (χ2v) is 3.64. The van der Waals surface area contributed by atoms with E-state index in [1.165, 1.54) is 0 Å². The topological polar surface area (TPSA) is 27.7 Å². The number of ether oxygens (including phenoxy) is 3. The molecule has 16 heavy (non-hydrogen) atoms. The van der Waals surface area contributed by atoms with Crippen LogP contribution >= 0.6 is 11.6 Å². The van der Waals surface area contributed by atoms with Crippen LogP contribution in [0.15, 0.2) is 24.3 Å². The molecule has 0 unspecified atom stereocenters. The number of hydrogen-bond acceptors (Lipinski definition) is 3. The van der Waals surface area contributed by atoms with Crippen LogP contribution in [0.1, 0.15) is 6.42 Å². The molecular formula is C12H17ClO3. The van der Waals surface area contributed by atoms with Crippen molar-refractivity contribution in [2.75, 3.05) is 33.5 Å². The summed E-state index contributed by atoms with van der Waals surface area (Å²) in [6.07, 6.45) is 0.842. The van der Waals surface area contributed by atoms with Gasteiger partial charge in [0.25, 0.3) is 0 Å². The van der Waals surface area contributed by atoms with Gasteiger partial charge in [-0.1, -0.05) is 23.7 Å².